The molecule has 1 aliphatic heterocycles. The number of nitrogens with zero attached hydrogens (tertiary/aromatic N) is 1. The van der Waals surface area contributed by atoms with Crippen LogP contribution >= 0.6 is 0 Å². The number of urea groups is 1. The van der Waals surface area contributed by atoms with Crippen LogP contribution < -0.4 is 11.1 Å². The van der Waals surface area contributed by atoms with Crippen LogP contribution in [0.3, 0.4) is 0 Å². The molecule has 4 heteroatoms. The highest BCUT2D eigenvalue weighted by molar-refractivity contribution is 5.89. The van der Waals surface area contributed by atoms with E-state index in [1.165, 1.54) is 32.1 Å². The predicted molar refractivity (Wildman–Crippen MR) is 85.0 cm³/mol. The molecule has 114 valence electrons. The van der Waals surface area contributed by atoms with Gasteiger partial charge in [-0.1, -0.05) is 25.0 Å². The third kappa shape index (κ3) is 3.21. The van der Waals surface area contributed by atoms with Gasteiger partial charge < -0.3 is 16.0 Å². The molecule has 3 N–H and O–H groups in total. The smallest absolute Gasteiger partial charge is 0.322 e. The average Bonchev–Trinajstić information content (AvgIpc) is 3.18. The Hall–Kier alpha value is -1.55. The first-order valence-electron chi connectivity index (χ1n) is 8.14. The van der Waals surface area contributed by atoms with E-state index < -0.39 is 0 Å². The summed E-state index contributed by atoms with van der Waals surface area (Å²) in [6.45, 7) is 1.39. The molecular formula is C17H25N3O. The molecule has 1 aromatic carbocycles. The second-order valence-corrected chi connectivity index (χ2v) is 6.28. The van der Waals surface area contributed by atoms with Gasteiger partial charge in [-0.3, -0.25) is 0 Å². The first-order chi connectivity index (χ1) is 10.3. The van der Waals surface area contributed by atoms with Gasteiger partial charge in [-0.05, 0) is 49.3 Å². The topological polar surface area (TPSA) is 58.4 Å². The van der Waals surface area contributed by atoms with Crippen molar-refractivity contribution in [3.8, 4) is 0 Å². The highest BCUT2D eigenvalue weighted by atomic mass is 16.2. The number of hydrogen-bond donors (Lipinski definition) is 2. The Balaban J connectivity index is 1.66. The normalized spacial score (nSPS) is 22.7. The molecule has 1 heterocycles. The largest absolute Gasteiger partial charge is 0.326 e. The summed E-state index contributed by atoms with van der Waals surface area (Å²) < 4.78 is 0. The molecule has 21 heavy (non-hydrogen) atoms. The lowest BCUT2D eigenvalue weighted by atomic mass is 9.96. The lowest BCUT2D eigenvalue weighted by molar-refractivity contribution is 0.185. The van der Waals surface area contributed by atoms with Gasteiger partial charge in [0.1, 0.15) is 0 Å². The van der Waals surface area contributed by atoms with Crippen LogP contribution in [0.4, 0.5) is 10.5 Å². The molecule has 1 saturated carbocycles. The average molecular weight is 287 g/mol. The zero-order chi connectivity index (χ0) is 14.7. The monoisotopic (exact) mass is 287 g/mol. The first kappa shape index (κ1) is 14.4. The third-order valence-electron chi connectivity index (χ3n) is 4.92. The van der Waals surface area contributed by atoms with Crippen LogP contribution in [-0.2, 0) is 6.54 Å². The second-order valence-electron chi connectivity index (χ2n) is 6.28. The van der Waals surface area contributed by atoms with Gasteiger partial charge in [-0.2, -0.15) is 0 Å². The van der Waals surface area contributed by atoms with E-state index in [9.17, 15) is 4.79 Å². The molecule has 0 bridgehead atoms. The third-order valence-corrected chi connectivity index (χ3v) is 4.92. The van der Waals surface area contributed by atoms with Gasteiger partial charge in [0.05, 0.1) is 0 Å². The van der Waals surface area contributed by atoms with E-state index in [1.54, 1.807) is 0 Å². The highest BCUT2D eigenvalue weighted by Gasteiger charge is 2.35. The molecular weight excluding hydrogens is 262 g/mol. The molecule has 4 nitrogen and oxygen atoms in total. The van der Waals surface area contributed by atoms with E-state index in [2.05, 4.69) is 10.2 Å². The van der Waals surface area contributed by atoms with Crippen LogP contribution in [-0.4, -0.2) is 23.5 Å². The molecule has 0 spiro atoms. The quantitative estimate of drug-likeness (QED) is 0.896. The maximum absolute atomic E-state index is 12.6. The zero-order valence-electron chi connectivity index (χ0n) is 12.6. The van der Waals surface area contributed by atoms with E-state index in [0.717, 1.165) is 24.2 Å². The Morgan fingerprint density at radius 3 is 2.81 bits per heavy atom. The number of likely N-dealkylation sites (tertiary alicyclic amines) is 1. The summed E-state index contributed by atoms with van der Waals surface area (Å²) in [5.41, 5.74) is 7.54. The van der Waals surface area contributed by atoms with Gasteiger partial charge in [0, 0.05) is 24.8 Å². The number of hydrogen-bond acceptors (Lipinski definition) is 2. The number of nitrogens with two attached hydrogens (primary N) is 1. The predicted octanol–water partition coefficient (Wildman–Crippen LogP) is 3.33. The number of carbonyl (C=O) groups excluding carboxylic acids is 1. The van der Waals surface area contributed by atoms with Crippen molar-refractivity contribution in [3.05, 3.63) is 29.8 Å². The number of anilines is 1. The molecule has 1 unspecified atom stereocenters. The van der Waals surface area contributed by atoms with Crippen molar-refractivity contribution < 1.29 is 4.79 Å². The van der Waals surface area contributed by atoms with E-state index in [1.807, 2.05) is 24.3 Å². The number of carbonyl (C=O) groups is 1. The maximum atomic E-state index is 12.6. The zero-order valence-corrected chi connectivity index (χ0v) is 12.6. The van der Waals surface area contributed by atoms with Crippen LogP contribution in [0, 0.1) is 5.92 Å². The minimum absolute atomic E-state index is 0.0542. The van der Waals surface area contributed by atoms with E-state index >= 15 is 0 Å². The molecule has 1 aromatic rings. The standard InChI is InChI=1S/C17H25N3O/c18-12-13-5-3-8-15(11-13)19-17(21)20-10-4-9-16(20)14-6-1-2-7-14/h3,5,8,11,14,16H,1-2,4,6-7,9-10,12,18H2,(H,19,21). The Labute approximate surface area is 126 Å². The van der Waals surface area contributed by atoms with Crippen LogP contribution in [0.5, 0.6) is 0 Å². The summed E-state index contributed by atoms with van der Waals surface area (Å²) in [7, 11) is 0. The summed E-state index contributed by atoms with van der Waals surface area (Å²) in [6, 6.07) is 8.31. The van der Waals surface area contributed by atoms with Gasteiger partial charge in [-0.25, -0.2) is 4.79 Å². The van der Waals surface area contributed by atoms with Crippen molar-refractivity contribution in [3.63, 3.8) is 0 Å². The van der Waals surface area contributed by atoms with Crippen molar-refractivity contribution in [2.75, 3.05) is 11.9 Å². The number of rotatable bonds is 3. The first-order valence-corrected chi connectivity index (χ1v) is 8.14. The van der Waals surface area contributed by atoms with Gasteiger partial charge in [-0.15, -0.1) is 0 Å². The Morgan fingerprint density at radius 2 is 2.05 bits per heavy atom. The fourth-order valence-corrected chi connectivity index (χ4v) is 3.85. The van der Waals surface area contributed by atoms with Crippen molar-refractivity contribution in [2.45, 2.75) is 51.1 Å². The Bertz CT molecular complexity index is 497. The second kappa shape index (κ2) is 6.48. The lowest BCUT2D eigenvalue weighted by Crippen LogP contribution is -2.41. The molecule has 1 saturated heterocycles. The van der Waals surface area contributed by atoms with Crippen molar-refractivity contribution in [1.29, 1.82) is 0 Å². The fraction of sp³-hybridized carbons (Fsp3) is 0.588. The van der Waals surface area contributed by atoms with Gasteiger partial charge in [0.25, 0.3) is 0 Å². The summed E-state index contributed by atoms with van der Waals surface area (Å²) in [5.74, 6) is 0.716. The fourth-order valence-electron chi connectivity index (χ4n) is 3.85. The SMILES string of the molecule is NCc1cccc(NC(=O)N2CCCC2C2CCCC2)c1. The maximum Gasteiger partial charge on any atom is 0.322 e. The summed E-state index contributed by atoms with van der Waals surface area (Å²) in [5, 5.41) is 3.04. The lowest BCUT2D eigenvalue weighted by Gasteiger charge is -2.29. The molecule has 0 aromatic heterocycles. The van der Waals surface area contributed by atoms with Crippen LogP contribution in [0.15, 0.2) is 24.3 Å². The summed E-state index contributed by atoms with van der Waals surface area (Å²) >= 11 is 0. The number of nitrogens with one attached hydrogen (secondary N) is 1. The molecule has 1 aliphatic carbocycles. The molecule has 2 aliphatic rings. The highest BCUT2D eigenvalue weighted by Crippen LogP contribution is 2.35. The minimum atomic E-state index is 0.0542. The van der Waals surface area contributed by atoms with Crippen molar-refractivity contribution >= 4 is 11.7 Å². The van der Waals surface area contributed by atoms with E-state index in [4.69, 9.17) is 5.73 Å². The van der Waals surface area contributed by atoms with Gasteiger partial charge in [0.15, 0.2) is 0 Å². The Kier molecular flexibility index (Phi) is 4.44. The molecule has 2 amide bonds. The van der Waals surface area contributed by atoms with Crippen molar-refractivity contribution in [2.24, 2.45) is 11.7 Å². The van der Waals surface area contributed by atoms with Crippen LogP contribution in [0.2, 0.25) is 0 Å². The van der Waals surface area contributed by atoms with Crippen LogP contribution in [0.25, 0.3) is 0 Å². The van der Waals surface area contributed by atoms with Gasteiger partial charge >= 0.3 is 6.03 Å². The Morgan fingerprint density at radius 1 is 1.24 bits per heavy atom. The summed E-state index contributed by atoms with van der Waals surface area (Å²) in [6.07, 6.45) is 7.54. The van der Waals surface area contributed by atoms with Crippen LogP contribution in [0.1, 0.15) is 44.1 Å². The van der Waals surface area contributed by atoms with Crippen molar-refractivity contribution in [1.82, 2.24) is 4.90 Å². The molecule has 1 atom stereocenters. The van der Waals surface area contributed by atoms with E-state index in [0.29, 0.717) is 18.5 Å². The summed E-state index contributed by atoms with van der Waals surface area (Å²) in [4.78, 5) is 14.6. The number of amides is 2. The molecule has 2 fully saturated rings. The number of benzene rings is 1. The van der Waals surface area contributed by atoms with E-state index in [-0.39, 0.29) is 6.03 Å². The minimum Gasteiger partial charge on any atom is -0.326 e. The molecule has 0 radical (unpaired) electrons. The van der Waals surface area contributed by atoms with Gasteiger partial charge in [0.2, 0.25) is 0 Å². The molecule has 3 rings (SSSR count).